The van der Waals surface area contributed by atoms with Gasteiger partial charge in [0.15, 0.2) is 5.69 Å². The Labute approximate surface area is 99.3 Å². The number of anilines is 1. The lowest BCUT2D eigenvalue weighted by atomic mass is 10.2. The monoisotopic (exact) mass is 266 g/mol. The lowest BCUT2D eigenvalue weighted by Gasteiger charge is -2.13. The standard InChI is InChI=1S/C9H9F3N2O2S/c1-16-8(15)6-5(13)3-4(9(10,11)12)7(14-6)17-2/h3H,13H2,1-2H3. The predicted molar refractivity (Wildman–Crippen MR) is 56.8 cm³/mol. The lowest BCUT2D eigenvalue weighted by molar-refractivity contribution is -0.140. The van der Waals surface area contributed by atoms with Crippen LogP contribution in [0.2, 0.25) is 0 Å². The van der Waals surface area contributed by atoms with Crippen molar-refractivity contribution in [3.05, 3.63) is 17.3 Å². The highest BCUT2D eigenvalue weighted by Crippen LogP contribution is 2.36. The third-order valence-corrected chi connectivity index (χ3v) is 2.59. The number of methoxy groups -OCH3 is 1. The van der Waals surface area contributed by atoms with E-state index in [1.807, 2.05) is 0 Å². The van der Waals surface area contributed by atoms with E-state index in [1.54, 1.807) is 0 Å². The first-order valence-electron chi connectivity index (χ1n) is 4.31. The molecule has 0 spiro atoms. The second-order valence-electron chi connectivity index (χ2n) is 2.97. The van der Waals surface area contributed by atoms with Crippen LogP contribution < -0.4 is 5.73 Å². The normalized spacial score (nSPS) is 11.4. The molecule has 0 bridgehead atoms. The van der Waals surface area contributed by atoms with Gasteiger partial charge in [0.2, 0.25) is 0 Å². The fraction of sp³-hybridized carbons (Fsp3) is 0.333. The maximum Gasteiger partial charge on any atom is 0.419 e. The van der Waals surface area contributed by atoms with E-state index in [4.69, 9.17) is 5.73 Å². The van der Waals surface area contributed by atoms with Crippen molar-refractivity contribution in [1.82, 2.24) is 4.98 Å². The molecule has 1 aromatic heterocycles. The van der Waals surface area contributed by atoms with Crippen LogP contribution in [0.3, 0.4) is 0 Å². The smallest absolute Gasteiger partial charge is 0.419 e. The van der Waals surface area contributed by atoms with Crippen LogP contribution in [0.25, 0.3) is 0 Å². The highest BCUT2D eigenvalue weighted by atomic mass is 32.2. The molecule has 0 unspecified atom stereocenters. The number of esters is 1. The molecule has 4 nitrogen and oxygen atoms in total. The number of halogens is 3. The van der Waals surface area contributed by atoms with E-state index in [0.717, 1.165) is 18.9 Å². The van der Waals surface area contributed by atoms with Gasteiger partial charge in [-0.3, -0.25) is 0 Å². The number of carbonyl (C=O) groups is 1. The van der Waals surface area contributed by atoms with Crippen LogP contribution in [0.4, 0.5) is 18.9 Å². The highest BCUT2D eigenvalue weighted by molar-refractivity contribution is 7.98. The SMILES string of the molecule is COC(=O)c1nc(SC)c(C(F)(F)F)cc1N. The van der Waals surface area contributed by atoms with Crippen molar-refractivity contribution in [2.24, 2.45) is 0 Å². The molecule has 0 aromatic carbocycles. The number of nitrogens with zero attached hydrogens (tertiary/aromatic N) is 1. The molecule has 0 aliphatic heterocycles. The van der Waals surface area contributed by atoms with Gasteiger partial charge in [-0.05, 0) is 12.3 Å². The van der Waals surface area contributed by atoms with E-state index in [0.29, 0.717) is 6.07 Å². The number of hydrogen-bond donors (Lipinski definition) is 1. The number of carbonyl (C=O) groups excluding carboxylic acids is 1. The molecule has 94 valence electrons. The van der Waals surface area contributed by atoms with Gasteiger partial charge in [-0.15, -0.1) is 11.8 Å². The molecule has 0 atom stereocenters. The summed E-state index contributed by atoms with van der Waals surface area (Å²) in [5.41, 5.74) is 3.71. The number of rotatable bonds is 2. The Bertz CT molecular complexity index is 449. The summed E-state index contributed by atoms with van der Waals surface area (Å²) < 4.78 is 42.2. The summed E-state index contributed by atoms with van der Waals surface area (Å²) in [6, 6.07) is 0.686. The molecule has 0 saturated carbocycles. The number of aromatic nitrogens is 1. The van der Waals surface area contributed by atoms with Gasteiger partial charge in [-0.25, -0.2) is 9.78 Å². The van der Waals surface area contributed by atoms with Crippen LogP contribution in [0.1, 0.15) is 16.1 Å². The summed E-state index contributed by atoms with van der Waals surface area (Å²) in [5, 5.41) is -0.313. The Morgan fingerprint density at radius 2 is 2.12 bits per heavy atom. The van der Waals surface area contributed by atoms with Crippen LogP contribution in [0.15, 0.2) is 11.1 Å². The van der Waals surface area contributed by atoms with Gasteiger partial charge < -0.3 is 10.5 Å². The first kappa shape index (κ1) is 13.6. The van der Waals surface area contributed by atoms with E-state index in [-0.39, 0.29) is 16.4 Å². The van der Waals surface area contributed by atoms with Gasteiger partial charge in [0.25, 0.3) is 0 Å². The van der Waals surface area contributed by atoms with Crippen LogP contribution in [0.5, 0.6) is 0 Å². The predicted octanol–water partition coefficient (Wildman–Crippen LogP) is 2.19. The first-order valence-corrected chi connectivity index (χ1v) is 5.53. The van der Waals surface area contributed by atoms with Gasteiger partial charge in [0, 0.05) is 0 Å². The third-order valence-electron chi connectivity index (χ3n) is 1.89. The molecule has 0 radical (unpaired) electrons. The third kappa shape index (κ3) is 2.82. The second-order valence-corrected chi connectivity index (χ2v) is 3.77. The molecule has 0 aliphatic carbocycles. The summed E-state index contributed by atoms with van der Waals surface area (Å²) in [7, 11) is 1.10. The minimum atomic E-state index is -4.56. The lowest BCUT2D eigenvalue weighted by Crippen LogP contribution is -2.14. The van der Waals surface area contributed by atoms with Gasteiger partial charge in [0.1, 0.15) is 5.03 Å². The van der Waals surface area contributed by atoms with Crippen LogP contribution in [-0.4, -0.2) is 24.3 Å². The Morgan fingerprint density at radius 1 is 1.53 bits per heavy atom. The maximum absolute atomic E-state index is 12.6. The van der Waals surface area contributed by atoms with Crippen molar-refractivity contribution in [1.29, 1.82) is 0 Å². The van der Waals surface area contributed by atoms with Crippen molar-refractivity contribution >= 4 is 23.4 Å². The molecule has 1 heterocycles. The first-order chi connectivity index (χ1) is 7.81. The molecule has 0 saturated heterocycles. The van der Waals surface area contributed by atoms with Crippen molar-refractivity contribution in [3.63, 3.8) is 0 Å². The average Bonchev–Trinajstić information content (AvgIpc) is 2.26. The number of alkyl halides is 3. The Kier molecular flexibility index (Phi) is 3.87. The number of nitrogen functional groups attached to an aromatic ring is 1. The van der Waals surface area contributed by atoms with Crippen LogP contribution >= 0.6 is 11.8 Å². The Morgan fingerprint density at radius 3 is 2.53 bits per heavy atom. The number of hydrogen-bond acceptors (Lipinski definition) is 5. The summed E-state index contributed by atoms with van der Waals surface area (Å²) in [6.45, 7) is 0. The summed E-state index contributed by atoms with van der Waals surface area (Å²) in [4.78, 5) is 14.8. The molecule has 0 amide bonds. The van der Waals surface area contributed by atoms with Crippen molar-refractivity contribution in [2.75, 3.05) is 19.1 Å². The highest BCUT2D eigenvalue weighted by Gasteiger charge is 2.35. The van der Waals surface area contributed by atoms with Crippen LogP contribution in [-0.2, 0) is 10.9 Å². The topological polar surface area (TPSA) is 65.2 Å². The molecule has 2 N–H and O–H groups in total. The van der Waals surface area contributed by atoms with Gasteiger partial charge in [-0.2, -0.15) is 13.2 Å². The molecule has 1 aromatic rings. The molecular weight excluding hydrogens is 257 g/mol. The van der Waals surface area contributed by atoms with Crippen molar-refractivity contribution in [2.45, 2.75) is 11.2 Å². The molecule has 8 heteroatoms. The fourth-order valence-corrected chi connectivity index (χ4v) is 1.71. The molecule has 1 rings (SSSR count). The van der Waals surface area contributed by atoms with E-state index in [2.05, 4.69) is 9.72 Å². The van der Waals surface area contributed by atoms with Gasteiger partial charge in [0.05, 0.1) is 18.4 Å². The summed E-state index contributed by atoms with van der Waals surface area (Å²) in [6.07, 6.45) is -3.14. The fourth-order valence-electron chi connectivity index (χ4n) is 1.13. The van der Waals surface area contributed by atoms with Crippen molar-refractivity contribution in [3.8, 4) is 0 Å². The van der Waals surface area contributed by atoms with Gasteiger partial charge >= 0.3 is 12.1 Å². The van der Waals surface area contributed by atoms with E-state index in [1.165, 1.54) is 6.26 Å². The Balaban J connectivity index is 3.40. The molecular formula is C9H9F3N2O2S. The summed E-state index contributed by atoms with van der Waals surface area (Å²) in [5.74, 6) is -0.869. The molecule has 0 aliphatic rings. The zero-order chi connectivity index (χ0) is 13.2. The minimum absolute atomic E-state index is 0.313. The average molecular weight is 266 g/mol. The maximum atomic E-state index is 12.6. The minimum Gasteiger partial charge on any atom is -0.464 e. The number of nitrogens with two attached hydrogens (primary N) is 1. The Hall–Kier alpha value is -1.44. The zero-order valence-electron chi connectivity index (χ0n) is 8.96. The van der Waals surface area contributed by atoms with Gasteiger partial charge in [-0.1, -0.05) is 0 Å². The molecule has 0 fully saturated rings. The second kappa shape index (κ2) is 4.82. The van der Waals surface area contributed by atoms with Crippen molar-refractivity contribution < 1.29 is 22.7 Å². The van der Waals surface area contributed by atoms with E-state index in [9.17, 15) is 18.0 Å². The number of ether oxygens (including phenoxy) is 1. The quantitative estimate of drug-likeness (QED) is 0.656. The number of pyridine rings is 1. The molecule has 17 heavy (non-hydrogen) atoms. The largest absolute Gasteiger partial charge is 0.464 e. The van der Waals surface area contributed by atoms with E-state index < -0.39 is 17.7 Å². The number of thioether (sulfide) groups is 1. The zero-order valence-corrected chi connectivity index (χ0v) is 9.78. The van der Waals surface area contributed by atoms with Crippen LogP contribution in [0, 0.1) is 0 Å². The van der Waals surface area contributed by atoms with E-state index >= 15 is 0 Å². The summed E-state index contributed by atoms with van der Waals surface area (Å²) >= 11 is 0.779.